The van der Waals surface area contributed by atoms with E-state index < -0.39 is 32.5 Å². The molecule has 1 saturated heterocycles. The average molecular weight is 892 g/mol. The Morgan fingerprint density at radius 2 is 1.26 bits per heavy atom. The first-order valence-electron chi connectivity index (χ1n) is 24.2. The molecule has 0 radical (unpaired) electrons. The number of likely N-dealkylation sites (N-methyl/N-ethyl adjacent to an activating group) is 1. The maximum absolute atomic E-state index is 12.7. The maximum Gasteiger partial charge on any atom is 0.306 e. The molecular formula is C50H86NO10P. The molecule has 1 fully saturated rings. The van der Waals surface area contributed by atoms with Crippen LogP contribution in [-0.2, 0) is 50.3 Å². The van der Waals surface area contributed by atoms with Crippen molar-refractivity contribution in [1.29, 1.82) is 0 Å². The summed E-state index contributed by atoms with van der Waals surface area (Å²) in [6.45, 7) is 8.43. The summed E-state index contributed by atoms with van der Waals surface area (Å²) in [7, 11) is 1.10. The van der Waals surface area contributed by atoms with Gasteiger partial charge in [0, 0.05) is 25.7 Å². The average Bonchev–Trinajstić information content (AvgIpc) is 3.92. The number of rotatable bonds is 39. The molecule has 1 aliphatic rings. The summed E-state index contributed by atoms with van der Waals surface area (Å²) in [5.74, 6) is 1.40. The van der Waals surface area contributed by atoms with Gasteiger partial charge < -0.3 is 37.1 Å². The highest BCUT2D eigenvalue weighted by molar-refractivity contribution is 7.45. The Bertz CT molecular complexity index is 1490. The van der Waals surface area contributed by atoms with Gasteiger partial charge in [-0.25, -0.2) is 0 Å². The van der Waals surface area contributed by atoms with Gasteiger partial charge in [0.05, 0.1) is 40.0 Å². The zero-order valence-corrected chi connectivity index (χ0v) is 40.9. The molecule has 62 heavy (non-hydrogen) atoms. The number of esters is 2. The van der Waals surface area contributed by atoms with E-state index in [1.807, 2.05) is 27.2 Å². The Labute approximate surface area is 376 Å². The van der Waals surface area contributed by atoms with Gasteiger partial charge in [0.1, 0.15) is 31.3 Å². The number of carbonyl (C=O) groups is 2. The van der Waals surface area contributed by atoms with Crippen LogP contribution in [0.1, 0.15) is 178 Å². The minimum atomic E-state index is -4.66. The largest absolute Gasteiger partial charge is 0.756 e. The van der Waals surface area contributed by atoms with Crippen LogP contribution in [0.15, 0.2) is 40.9 Å². The van der Waals surface area contributed by atoms with E-state index >= 15 is 0 Å². The lowest BCUT2D eigenvalue weighted by molar-refractivity contribution is -0.870. The van der Waals surface area contributed by atoms with Gasteiger partial charge in [0.2, 0.25) is 0 Å². The van der Waals surface area contributed by atoms with E-state index in [0.717, 1.165) is 63.5 Å². The van der Waals surface area contributed by atoms with E-state index in [-0.39, 0.29) is 26.1 Å². The molecule has 0 saturated carbocycles. The number of phosphoric acid groups is 1. The van der Waals surface area contributed by atoms with Crippen LogP contribution in [0.5, 0.6) is 0 Å². The number of epoxide rings is 1. The molecular weight excluding hydrogens is 806 g/mol. The van der Waals surface area contributed by atoms with Gasteiger partial charge in [-0.1, -0.05) is 121 Å². The smallest absolute Gasteiger partial charge is 0.306 e. The van der Waals surface area contributed by atoms with Crippen LogP contribution in [0, 0.1) is 13.8 Å². The van der Waals surface area contributed by atoms with Crippen molar-refractivity contribution in [3.8, 4) is 0 Å². The van der Waals surface area contributed by atoms with E-state index in [1.165, 1.54) is 81.1 Å². The van der Waals surface area contributed by atoms with Crippen molar-refractivity contribution in [1.82, 2.24) is 0 Å². The first kappa shape index (κ1) is 55.6. The zero-order chi connectivity index (χ0) is 45.5. The first-order chi connectivity index (χ1) is 29.7. The molecule has 2 heterocycles. The summed E-state index contributed by atoms with van der Waals surface area (Å²) in [6, 6.07) is 0. The van der Waals surface area contributed by atoms with Crippen LogP contribution >= 0.6 is 7.82 Å². The van der Waals surface area contributed by atoms with Crippen molar-refractivity contribution >= 4 is 19.8 Å². The number of ether oxygens (including phenoxy) is 3. The van der Waals surface area contributed by atoms with E-state index in [9.17, 15) is 19.0 Å². The molecule has 11 nitrogen and oxygen atoms in total. The standard InChI is InChI=1S/C50H86NO10P/c1-8-10-26-32-45-42(3)43(4)46(60-45)33-28-22-18-16-17-20-24-30-36-49(52)56-40-44(41-58-62(54,55)57-39-38-51(5,6)7)59-50(53)37-31-25-21-15-13-12-14-19-23-29-35-48-47(61-48)34-27-11-9-2/h12,14-15,21,23,29,44,47-48H,8-11,13,16-20,22,24-28,30-41H2,1-7H3/b14-12-,21-15-,29-23-/t44-,47?,48?/m1/s1. The monoisotopic (exact) mass is 892 g/mol. The van der Waals surface area contributed by atoms with E-state index in [4.69, 9.17) is 27.7 Å². The van der Waals surface area contributed by atoms with Crippen molar-refractivity contribution in [3.05, 3.63) is 59.1 Å². The second kappa shape index (κ2) is 33.0. The number of allylic oxidation sites excluding steroid dienone is 5. The Morgan fingerprint density at radius 1 is 0.694 bits per heavy atom. The van der Waals surface area contributed by atoms with E-state index in [1.54, 1.807) is 0 Å². The lowest BCUT2D eigenvalue weighted by atomic mass is 10.0. The molecule has 3 unspecified atom stereocenters. The molecule has 1 aromatic heterocycles. The van der Waals surface area contributed by atoms with Crippen LogP contribution in [-0.4, -0.2) is 82.2 Å². The minimum Gasteiger partial charge on any atom is -0.756 e. The molecule has 1 aliphatic heterocycles. The topological polar surface area (TPSA) is 137 Å². The molecule has 0 aromatic carbocycles. The summed E-state index contributed by atoms with van der Waals surface area (Å²) >= 11 is 0. The van der Waals surface area contributed by atoms with Gasteiger partial charge in [0.15, 0.2) is 6.10 Å². The molecule has 4 atom stereocenters. The fourth-order valence-electron chi connectivity index (χ4n) is 7.10. The fourth-order valence-corrected chi connectivity index (χ4v) is 7.82. The van der Waals surface area contributed by atoms with Crippen LogP contribution in [0.3, 0.4) is 0 Å². The number of furan rings is 1. The number of hydrogen-bond acceptors (Lipinski definition) is 10. The third-order valence-electron chi connectivity index (χ3n) is 11.3. The van der Waals surface area contributed by atoms with Crippen molar-refractivity contribution in [3.63, 3.8) is 0 Å². The lowest BCUT2D eigenvalue weighted by Crippen LogP contribution is -2.37. The molecule has 12 heteroatoms. The molecule has 0 aliphatic carbocycles. The van der Waals surface area contributed by atoms with Crippen LogP contribution in [0.4, 0.5) is 0 Å². The Kier molecular flexibility index (Phi) is 29.6. The summed E-state index contributed by atoms with van der Waals surface area (Å²) in [5.41, 5.74) is 2.65. The second-order valence-corrected chi connectivity index (χ2v) is 19.5. The maximum atomic E-state index is 12.7. The van der Waals surface area contributed by atoms with Crippen LogP contribution in [0.2, 0.25) is 0 Å². The van der Waals surface area contributed by atoms with Gasteiger partial charge >= 0.3 is 11.9 Å². The Balaban J connectivity index is 1.63. The molecule has 0 amide bonds. The first-order valence-corrected chi connectivity index (χ1v) is 25.6. The number of unbranched alkanes of at least 4 members (excludes halogenated alkanes) is 12. The van der Waals surface area contributed by atoms with Crippen LogP contribution < -0.4 is 4.89 Å². The molecule has 2 rings (SSSR count). The highest BCUT2D eigenvalue weighted by atomic mass is 31.2. The molecule has 0 bridgehead atoms. The van der Waals surface area contributed by atoms with Gasteiger partial charge in [0.25, 0.3) is 7.82 Å². The summed E-state index contributed by atoms with van der Waals surface area (Å²) < 4.78 is 45.9. The summed E-state index contributed by atoms with van der Waals surface area (Å²) in [4.78, 5) is 37.7. The number of carbonyl (C=O) groups excluding carboxylic acids is 2. The van der Waals surface area contributed by atoms with Crippen molar-refractivity contribution in [2.24, 2.45) is 0 Å². The molecule has 1 aromatic rings. The lowest BCUT2D eigenvalue weighted by Gasteiger charge is -2.28. The third kappa shape index (κ3) is 28.3. The SMILES string of the molecule is CCCCCc1oc(CCCCCCCCCCC(=O)OC[C@H](COP(=O)([O-])OCC[N+](C)(C)C)OC(=O)CCC/C=C\C/C=C\C/C=C\CC2OC2CCCCC)c(C)c1C. The second-order valence-electron chi connectivity index (χ2n) is 18.1. The van der Waals surface area contributed by atoms with Gasteiger partial charge in [-0.3, -0.25) is 14.2 Å². The number of aryl methyl sites for hydroxylation is 2. The zero-order valence-electron chi connectivity index (χ0n) is 40.0. The van der Waals surface area contributed by atoms with Crippen molar-refractivity contribution < 1.29 is 51.2 Å². The summed E-state index contributed by atoms with van der Waals surface area (Å²) in [5, 5.41) is 0. The highest BCUT2D eigenvalue weighted by Gasteiger charge is 2.36. The predicted molar refractivity (Wildman–Crippen MR) is 248 cm³/mol. The predicted octanol–water partition coefficient (Wildman–Crippen LogP) is 11.7. The van der Waals surface area contributed by atoms with Gasteiger partial charge in [-0.2, -0.15) is 0 Å². The quantitative estimate of drug-likeness (QED) is 0.0157. The number of hydrogen-bond donors (Lipinski definition) is 0. The molecule has 356 valence electrons. The van der Waals surface area contributed by atoms with E-state index in [2.05, 4.69) is 58.1 Å². The normalized spacial score (nSPS) is 17.0. The van der Waals surface area contributed by atoms with Gasteiger partial charge in [-0.05, 0) is 82.8 Å². The Morgan fingerprint density at radius 3 is 1.90 bits per heavy atom. The summed E-state index contributed by atoms with van der Waals surface area (Å²) in [6.07, 6.45) is 36.0. The number of phosphoric ester groups is 1. The van der Waals surface area contributed by atoms with E-state index in [0.29, 0.717) is 42.5 Å². The van der Waals surface area contributed by atoms with Crippen LogP contribution in [0.25, 0.3) is 0 Å². The van der Waals surface area contributed by atoms with Gasteiger partial charge in [-0.15, -0.1) is 0 Å². The molecule has 0 N–H and O–H groups in total. The van der Waals surface area contributed by atoms with Crippen molar-refractivity contribution in [2.45, 2.75) is 200 Å². The minimum absolute atomic E-state index is 0.0504. The highest BCUT2D eigenvalue weighted by Crippen LogP contribution is 2.38. The third-order valence-corrected chi connectivity index (χ3v) is 12.3. The number of nitrogens with zero attached hydrogens (tertiary/aromatic N) is 1. The fraction of sp³-hybridized carbons (Fsp3) is 0.760. The Hall–Kier alpha value is -2.53. The molecule has 0 spiro atoms. The number of quaternary nitrogens is 1. The van der Waals surface area contributed by atoms with Crippen molar-refractivity contribution in [2.75, 3.05) is 47.5 Å².